The van der Waals surface area contributed by atoms with E-state index in [1.54, 1.807) is 0 Å². The maximum absolute atomic E-state index is 12.6. The van der Waals surface area contributed by atoms with Crippen LogP contribution in [-0.4, -0.2) is 24.2 Å². The van der Waals surface area contributed by atoms with Crippen molar-refractivity contribution in [3.63, 3.8) is 0 Å². The van der Waals surface area contributed by atoms with Gasteiger partial charge in [-0.1, -0.05) is 41.5 Å². The number of rotatable bonds is 0. The Kier molecular flexibility index (Phi) is 3.05. The van der Waals surface area contributed by atoms with Crippen molar-refractivity contribution in [3.8, 4) is 0 Å². The Morgan fingerprint density at radius 1 is 1.00 bits per heavy atom. The molecule has 17 heavy (non-hydrogen) atoms. The summed E-state index contributed by atoms with van der Waals surface area (Å²) < 4.78 is 43.1. The fourth-order valence-corrected chi connectivity index (χ4v) is 2.47. The van der Waals surface area contributed by atoms with E-state index < -0.39 is 28.5 Å². The van der Waals surface area contributed by atoms with E-state index in [4.69, 9.17) is 4.74 Å². The molecule has 1 aliphatic rings. The number of alkyl halides is 3. The normalized spacial score (nSPS) is 21.1. The Morgan fingerprint density at radius 3 is 1.59 bits per heavy atom. The van der Waals surface area contributed by atoms with Crippen molar-refractivity contribution in [1.82, 2.24) is 0 Å². The van der Waals surface area contributed by atoms with Crippen LogP contribution in [0.25, 0.3) is 0 Å². The minimum absolute atomic E-state index is 0.0504. The van der Waals surface area contributed by atoms with Crippen LogP contribution in [0.2, 0.25) is 0 Å². The van der Waals surface area contributed by atoms with Gasteiger partial charge in [0.05, 0.1) is 6.54 Å². The van der Waals surface area contributed by atoms with Crippen LogP contribution in [0, 0.1) is 10.8 Å². The molecule has 1 heterocycles. The lowest BCUT2D eigenvalue weighted by Crippen LogP contribution is -2.56. The van der Waals surface area contributed by atoms with E-state index in [1.807, 2.05) is 41.5 Å². The first-order chi connectivity index (χ1) is 7.31. The highest BCUT2D eigenvalue weighted by Gasteiger charge is 2.59. The summed E-state index contributed by atoms with van der Waals surface area (Å²) in [4.78, 5) is 3.56. The van der Waals surface area contributed by atoms with Gasteiger partial charge in [-0.2, -0.15) is 13.2 Å². The molecule has 0 bridgehead atoms. The summed E-state index contributed by atoms with van der Waals surface area (Å²) in [6.45, 7) is 11.3. The summed E-state index contributed by atoms with van der Waals surface area (Å²) in [5, 5.41) is 0. The van der Waals surface area contributed by atoms with Crippen LogP contribution in [0.5, 0.6) is 0 Å². The third-order valence-corrected chi connectivity index (χ3v) is 3.38. The van der Waals surface area contributed by atoms with Crippen molar-refractivity contribution in [2.75, 3.05) is 6.54 Å². The van der Waals surface area contributed by atoms with E-state index >= 15 is 0 Å². The number of hydrogen-bond donors (Lipinski definition) is 0. The van der Waals surface area contributed by atoms with E-state index in [0.717, 1.165) is 0 Å². The van der Waals surface area contributed by atoms with Crippen molar-refractivity contribution in [2.24, 2.45) is 15.8 Å². The lowest BCUT2D eigenvalue weighted by atomic mass is 9.62. The van der Waals surface area contributed by atoms with E-state index in [2.05, 4.69) is 4.99 Å². The van der Waals surface area contributed by atoms with E-state index in [1.165, 1.54) is 0 Å². The zero-order chi connectivity index (χ0) is 13.7. The molecule has 0 amide bonds. The molecule has 5 heteroatoms. The van der Waals surface area contributed by atoms with Gasteiger partial charge in [-0.15, -0.1) is 0 Å². The Balaban J connectivity index is 3.13. The highest BCUT2D eigenvalue weighted by atomic mass is 19.4. The second-order valence-electron chi connectivity index (χ2n) is 6.55. The highest BCUT2D eigenvalue weighted by Crippen LogP contribution is 2.50. The molecule has 0 saturated carbocycles. The van der Waals surface area contributed by atoms with Crippen LogP contribution >= 0.6 is 0 Å². The van der Waals surface area contributed by atoms with Gasteiger partial charge in [-0.25, -0.2) is 4.99 Å². The predicted molar refractivity (Wildman–Crippen MR) is 61.1 cm³/mol. The SMILES string of the molecule is CC(C)(C)C1(C(C)(C)C)CN=C(C(F)(F)F)O1. The Bertz CT molecular complexity index is 317. The van der Waals surface area contributed by atoms with Gasteiger partial charge in [-0.05, 0) is 0 Å². The number of hydrogen-bond acceptors (Lipinski definition) is 2. The minimum Gasteiger partial charge on any atom is -0.465 e. The molecule has 2 nitrogen and oxygen atoms in total. The molecule has 0 N–H and O–H groups in total. The molecular weight excluding hydrogens is 231 g/mol. The van der Waals surface area contributed by atoms with Gasteiger partial charge in [-0.3, -0.25) is 0 Å². The molecule has 0 atom stereocenters. The van der Waals surface area contributed by atoms with Gasteiger partial charge >= 0.3 is 6.18 Å². The topological polar surface area (TPSA) is 21.6 Å². The lowest BCUT2D eigenvalue weighted by molar-refractivity contribution is -0.137. The molecule has 0 unspecified atom stereocenters. The van der Waals surface area contributed by atoms with Gasteiger partial charge < -0.3 is 4.74 Å². The average Bonchev–Trinajstić information content (AvgIpc) is 2.43. The van der Waals surface area contributed by atoms with Crippen LogP contribution in [0.15, 0.2) is 4.99 Å². The number of aliphatic imine (C=N–C) groups is 1. The van der Waals surface area contributed by atoms with Gasteiger partial charge in [0.1, 0.15) is 5.60 Å². The molecule has 1 rings (SSSR count). The molecule has 0 fully saturated rings. The highest BCUT2D eigenvalue weighted by molar-refractivity contribution is 5.84. The monoisotopic (exact) mass is 251 g/mol. The summed E-state index contributed by atoms with van der Waals surface area (Å²) in [6.07, 6.45) is -4.50. The number of nitrogens with zero attached hydrogens (tertiary/aromatic N) is 1. The molecule has 0 saturated heterocycles. The van der Waals surface area contributed by atoms with Crippen molar-refractivity contribution < 1.29 is 17.9 Å². The molecule has 100 valence electrons. The van der Waals surface area contributed by atoms with E-state index in [0.29, 0.717) is 0 Å². The third-order valence-electron chi connectivity index (χ3n) is 3.38. The molecule has 0 aromatic rings. The number of ether oxygens (including phenoxy) is 1. The fourth-order valence-electron chi connectivity index (χ4n) is 2.47. The lowest BCUT2D eigenvalue weighted by Gasteiger charge is -2.49. The molecule has 1 aliphatic heterocycles. The smallest absolute Gasteiger partial charge is 0.465 e. The first-order valence-electron chi connectivity index (χ1n) is 5.62. The molecule has 0 aromatic carbocycles. The first-order valence-corrected chi connectivity index (χ1v) is 5.62. The second kappa shape index (κ2) is 3.62. The quantitative estimate of drug-likeness (QED) is 0.641. The van der Waals surface area contributed by atoms with Crippen LogP contribution < -0.4 is 0 Å². The molecular formula is C12H20F3NO. The Labute approximate surface area is 100 Å². The van der Waals surface area contributed by atoms with Gasteiger partial charge in [0.15, 0.2) is 0 Å². The van der Waals surface area contributed by atoms with Crippen LogP contribution in [-0.2, 0) is 4.74 Å². The van der Waals surface area contributed by atoms with Crippen LogP contribution in [0.4, 0.5) is 13.2 Å². The van der Waals surface area contributed by atoms with E-state index in [9.17, 15) is 13.2 Å². The van der Waals surface area contributed by atoms with Crippen LogP contribution in [0.3, 0.4) is 0 Å². The van der Waals surface area contributed by atoms with E-state index in [-0.39, 0.29) is 6.54 Å². The zero-order valence-electron chi connectivity index (χ0n) is 11.2. The summed E-state index contributed by atoms with van der Waals surface area (Å²) >= 11 is 0. The van der Waals surface area contributed by atoms with Crippen molar-refractivity contribution in [3.05, 3.63) is 0 Å². The van der Waals surface area contributed by atoms with Gasteiger partial charge in [0.25, 0.3) is 5.90 Å². The summed E-state index contributed by atoms with van der Waals surface area (Å²) in [5.74, 6) is -1.10. The standard InChI is InChI=1S/C12H20F3NO/c1-9(2,3)11(10(4,5)6)7-16-8(17-11)12(13,14)15/h7H2,1-6H3. The van der Waals surface area contributed by atoms with Crippen molar-refractivity contribution in [1.29, 1.82) is 0 Å². The Morgan fingerprint density at radius 2 is 1.41 bits per heavy atom. The maximum atomic E-state index is 12.6. The average molecular weight is 251 g/mol. The molecule has 0 spiro atoms. The van der Waals surface area contributed by atoms with Crippen molar-refractivity contribution in [2.45, 2.75) is 53.3 Å². The number of halogens is 3. The molecule has 0 radical (unpaired) electrons. The summed E-state index contributed by atoms with van der Waals surface area (Å²) in [5.41, 5.74) is -1.78. The van der Waals surface area contributed by atoms with Crippen LogP contribution in [0.1, 0.15) is 41.5 Å². The van der Waals surface area contributed by atoms with Crippen molar-refractivity contribution >= 4 is 5.90 Å². The molecule has 0 aromatic heterocycles. The maximum Gasteiger partial charge on any atom is 0.468 e. The Hall–Kier alpha value is -0.740. The zero-order valence-corrected chi connectivity index (χ0v) is 11.2. The van der Waals surface area contributed by atoms with Gasteiger partial charge in [0, 0.05) is 10.8 Å². The third kappa shape index (κ3) is 2.29. The first kappa shape index (κ1) is 14.3. The largest absolute Gasteiger partial charge is 0.468 e. The predicted octanol–water partition coefficient (Wildman–Crippen LogP) is 3.81. The van der Waals surface area contributed by atoms with Gasteiger partial charge in [0.2, 0.25) is 0 Å². The minimum atomic E-state index is -4.50. The summed E-state index contributed by atoms with van der Waals surface area (Å²) in [7, 11) is 0. The second-order valence-corrected chi connectivity index (χ2v) is 6.55. The summed E-state index contributed by atoms with van der Waals surface area (Å²) in [6, 6.07) is 0. The fraction of sp³-hybridized carbons (Fsp3) is 0.917. The molecule has 0 aliphatic carbocycles.